The van der Waals surface area contributed by atoms with Gasteiger partial charge in [-0.25, -0.2) is 0 Å². The number of nitrogens with zero attached hydrogens (tertiary/aromatic N) is 2. The van der Waals surface area contributed by atoms with Crippen molar-refractivity contribution >= 4 is 5.91 Å². The summed E-state index contributed by atoms with van der Waals surface area (Å²) in [4.78, 5) is 17.4. The summed E-state index contributed by atoms with van der Waals surface area (Å²) < 4.78 is 10.6. The molecule has 0 saturated carbocycles. The number of likely N-dealkylation sites (tertiary alicyclic amines) is 1. The number of hydrogen-bond donors (Lipinski definition) is 0. The number of methoxy groups -OCH3 is 1. The second kappa shape index (κ2) is 8.93. The molecule has 1 aromatic heterocycles. The number of benzene rings is 1. The van der Waals surface area contributed by atoms with Crippen LogP contribution in [0.5, 0.6) is 0 Å². The van der Waals surface area contributed by atoms with Crippen molar-refractivity contribution in [3.8, 4) is 0 Å². The van der Waals surface area contributed by atoms with Crippen LogP contribution in [0, 0.1) is 5.92 Å². The van der Waals surface area contributed by atoms with Gasteiger partial charge in [-0.2, -0.15) is 0 Å². The van der Waals surface area contributed by atoms with Crippen LogP contribution in [0.4, 0.5) is 0 Å². The number of fused-ring (bicyclic) bond motifs is 1. The second-order valence-corrected chi connectivity index (χ2v) is 8.06. The van der Waals surface area contributed by atoms with E-state index in [0.717, 1.165) is 25.9 Å². The van der Waals surface area contributed by atoms with Crippen molar-refractivity contribution in [1.82, 2.24) is 9.80 Å². The van der Waals surface area contributed by atoms with E-state index in [-0.39, 0.29) is 5.91 Å². The van der Waals surface area contributed by atoms with Crippen molar-refractivity contribution in [2.24, 2.45) is 5.92 Å². The first-order chi connectivity index (χ1) is 13.7. The van der Waals surface area contributed by atoms with Crippen LogP contribution in [0.1, 0.15) is 34.5 Å². The van der Waals surface area contributed by atoms with Gasteiger partial charge in [-0.3, -0.25) is 9.69 Å². The minimum Gasteiger partial charge on any atom is -0.459 e. The van der Waals surface area contributed by atoms with Crippen LogP contribution in [-0.2, 0) is 17.6 Å². The molecule has 2 aromatic rings. The van der Waals surface area contributed by atoms with Crippen molar-refractivity contribution in [2.45, 2.75) is 31.7 Å². The Balaban J connectivity index is 1.38. The summed E-state index contributed by atoms with van der Waals surface area (Å²) in [6.07, 6.45) is 6.24. The molecule has 1 fully saturated rings. The van der Waals surface area contributed by atoms with E-state index < -0.39 is 0 Å². The fraction of sp³-hybridized carbons (Fsp3) is 0.522. The standard InChI is InChI=1S/C23H30N2O3/c1-27-13-11-25(23(26)22-9-5-12-28-22)17-18-6-4-10-24(16-18)21-14-19-7-2-3-8-20(19)15-21/h2-3,5,7-9,12,18,21H,4,6,10-11,13-17H2,1H3. The van der Waals surface area contributed by atoms with E-state index in [4.69, 9.17) is 9.15 Å². The Hall–Kier alpha value is -2.11. The molecule has 4 rings (SSSR count). The average Bonchev–Trinajstić information content (AvgIpc) is 3.40. The Labute approximate surface area is 167 Å². The zero-order valence-corrected chi connectivity index (χ0v) is 16.7. The van der Waals surface area contributed by atoms with Gasteiger partial charge < -0.3 is 14.1 Å². The topological polar surface area (TPSA) is 45.9 Å². The van der Waals surface area contributed by atoms with Gasteiger partial charge in [-0.1, -0.05) is 24.3 Å². The third-order valence-corrected chi connectivity index (χ3v) is 6.16. The lowest BCUT2D eigenvalue weighted by Gasteiger charge is -2.38. The molecule has 0 bridgehead atoms. The number of furan rings is 1. The summed E-state index contributed by atoms with van der Waals surface area (Å²) in [5.74, 6) is 0.871. The molecule has 5 heteroatoms. The first-order valence-corrected chi connectivity index (χ1v) is 10.4. The molecular weight excluding hydrogens is 352 g/mol. The van der Waals surface area contributed by atoms with Crippen molar-refractivity contribution in [3.63, 3.8) is 0 Å². The van der Waals surface area contributed by atoms with Crippen LogP contribution < -0.4 is 0 Å². The molecular formula is C23H30N2O3. The first kappa shape index (κ1) is 19.2. The molecule has 0 radical (unpaired) electrons. The molecule has 28 heavy (non-hydrogen) atoms. The minimum atomic E-state index is -0.0348. The number of rotatable bonds is 7. The third-order valence-electron chi connectivity index (χ3n) is 6.16. The summed E-state index contributed by atoms with van der Waals surface area (Å²) in [6, 6.07) is 12.9. The lowest BCUT2D eigenvalue weighted by molar-refractivity contribution is 0.0547. The smallest absolute Gasteiger partial charge is 0.289 e. The Kier molecular flexibility index (Phi) is 6.13. The third kappa shape index (κ3) is 4.31. The minimum absolute atomic E-state index is 0.0348. The van der Waals surface area contributed by atoms with Crippen molar-refractivity contribution in [1.29, 1.82) is 0 Å². The van der Waals surface area contributed by atoms with Gasteiger partial charge >= 0.3 is 0 Å². The summed E-state index contributed by atoms with van der Waals surface area (Å²) in [5, 5.41) is 0. The Bertz CT molecular complexity index is 749. The molecule has 2 heterocycles. The Morgan fingerprint density at radius 2 is 2.00 bits per heavy atom. The predicted molar refractivity (Wildman–Crippen MR) is 108 cm³/mol. The van der Waals surface area contributed by atoms with Crippen LogP contribution in [0.25, 0.3) is 0 Å². The highest BCUT2D eigenvalue weighted by Gasteiger charge is 2.32. The van der Waals surface area contributed by atoms with Gasteiger partial charge in [-0.05, 0) is 61.4 Å². The van der Waals surface area contributed by atoms with Crippen LogP contribution >= 0.6 is 0 Å². The number of carbonyl (C=O) groups excluding carboxylic acids is 1. The molecule has 1 unspecified atom stereocenters. The number of piperidine rings is 1. The van der Waals surface area contributed by atoms with E-state index in [1.54, 1.807) is 25.5 Å². The maximum atomic E-state index is 12.8. The largest absolute Gasteiger partial charge is 0.459 e. The SMILES string of the molecule is COCCN(CC1CCCN(C2Cc3ccccc3C2)C1)C(=O)c1ccco1. The van der Waals surface area contributed by atoms with E-state index in [1.165, 1.54) is 30.5 Å². The molecule has 1 aliphatic carbocycles. The zero-order valence-electron chi connectivity index (χ0n) is 16.7. The summed E-state index contributed by atoms with van der Waals surface area (Å²) in [7, 11) is 1.68. The highest BCUT2D eigenvalue weighted by Crippen LogP contribution is 2.29. The highest BCUT2D eigenvalue weighted by atomic mass is 16.5. The molecule has 2 aliphatic rings. The van der Waals surface area contributed by atoms with E-state index >= 15 is 0 Å². The summed E-state index contributed by atoms with van der Waals surface area (Å²) in [6.45, 7) is 4.13. The van der Waals surface area contributed by atoms with Crippen molar-refractivity contribution in [3.05, 3.63) is 59.5 Å². The van der Waals surface area contributed by atoms with Crippen molar-refractivity contribution in [2.75, 3.05) is 39.9 Å². The predicted octanol–water partition coefficient (Wildman–Crippen LogP) is 3.25. The molecule has 0 N–H and O–H groups in total. The maximum absolute atomic E-state index is 12.8. The molecule has 5 nitrogen and oxygen atoms in total. The van der Waals surface area contributed by atoms with Crippen molar-refractivity contribution < 1.29 is 13.9 Å². The molecule has 1 saturated heterocycles. The van der Waals surface area contributed by atoms with Crippen LogP contribution in [0.3, 0.4) is 0 Å². The van der Waals surface area contributed by atoms with E-state index in [1.807, 2.05) is 4.90 Å². The Morgan fingerprint density at radius 3 is 2.68 bits per heavy atom. The van der Waals surface area contributed by atoms with Gasteiger partial charge in [0.15, 0.2) is 5.76 Å². The molecule has 1 atom stereocenters. The molecule has 1 aromatic carbocycles. The van der Waals surface area contributed by atoms with Gasteiger partial charge in [0.25, 0.3) is 5.91 Å². The van der Waals surface area contributed by atoms with Gasteiger partial charge in [0, 0.05) is 32.8 Å². The maximum Gasteiger partial charge on any atom is 0.289 e. The molecule has 0 spiro atoms. The average molecular weight is 383 g/mol. The Morgan fingerprint density at radius 1 is 1.21 bits per heavy atom. The van der Waals surface area contributed by atoms with Gasteiger partial charge in [0.05, 0.1) is 12.9 Å². The van der Waals surface area contributed by atoms with E-state index in [0.29, 0.717) is 30.9 Å². The number of amides is 1. The van der Waals surface area contributed by atoms with Crippen LogP contribution in [0.15, 0.2) is 47.1 Å². The molecule has 150 valence electrons. The zero-order chi connectivity index (χ0) is 19.3. The van der Waals surface area contributed by atoms with Gasteiger partial charge in [0.2, 0.25) is 0 Å². The quantitative estimate of drug-likeness (QED) is 0.737. The molecule has 1 amide bonds. The van der Waals surface area contributed by atoms with Crippen LogP contribution in [-0.4, -0.2) is 61.6 Å². The van der Waals surface area contributed by atoms with Gasteiger partial charge in [0.1, 0.15) is 0 Å². The van der Waals surface area contributed by atoms with Gasteiger partial charge in [-0.15, -0.1) is 0 Å². The number of hydrogen-bond acceptors (Lipinski definition) is 4. The lowest BCUT2D eigenvalue weighted by Crippen LogP contribution is -2.47. The fourth-order valence-corrected chi connectivity index (χ4v) is 4.72. The second-order valence-electron chi connectivity index (χ2n) is 8.06. The molecule has 1 aliphatic heterocycles. The monoisotopic (exact) mass is 382 g/mol. The fourth-order valence-electron chi connectivity index (χ4n) is 4.72. The number of carbonyl (C=O) groups is 1. The highest BCUT2D eigenvalue weighted by molar-refractivity contribution is 5.91. The summed E-state index contributed by atoms with van der Waals surface area (Å²) in [5.41, 5.74) is 3.01. The van der Waals surface area contributed by atoms with E-state index in [9.17, 15) is 4.79 Å². The van der Waals surface area contributed by atoms with Crippen LogP contribution in [0.2, 0.25) is 0 Å². The number of ether oxygens (including phenoxy) is 1. The summed E-state index contributed by atoms with van der Waals surface area (Å²) >= 11 is 0. The van der Waals surface area contributed by atoms with E-state index in [2.05, 4.69) is 29.2 Å². The lowest BCUT2D eigenvalue weighted by atomic mass is 9.95. The first-order valence-electron chi connectivity index (χ1n) is 10.4. The normalized spacial score (nSPS) is 20.2.